The van der Waals surface area contributed by atoms with Gasteiger partial charge in [0, 0.05) is 31.4 Å². The van der Waals surface area contributed by atoms with Gasteiger partial charge in [-0.3, -0.25) is 4.79 Å². The Hall–Kier alpha value is -1.62. The lowest BCUT2D eigenvalue weighted by Gasteiger charge is -2.17. The van der Waals surface area contributed by atoms with Gasteiger partial charge >= 0.3 is 0 Å². The van der Waals surface area contributed by atoms with Gasteiger partial charge in [-0.2, -0.15) is 0 Å². The smallest absolute Gasteiger partial charge is 0.254 e. The maximum absolute atomic E-state index is 12.4. The maximum Gasteiger partial charge on any atom is 0.254 e. The number of pyridine rings is 1. The monoisotopic (exact) mass is 263 g/mol. The highest BCUT2D eigenvalue weighted by molar-refractivity contribution is 5.95. The number of rotatable bonds is 3. The molecule has 5 heteroatoms. The fraction of sp³-hybridized carbons (Fsp3) is 0.571. The molecule has 0 bridgehead atoms. The Morgan fingerprint density at radius 3 is 2.79 bits per heavy atom. The summed E-state index contributed by atoms with van der Waals surface area (Å²) in [7, 11) is 1.79. The van der Waals surface area contributed by atoms with Crippen LogP contribution in [-0.2, 0) is 0 Å². The molecule has 1 amide bonds. The minimum absolute atomic E-state index is 0.0302. The largest absolute Gasteiger partial charge is 0.391 e. The van der Waals surface area contributed by atoms with Gasteiger partial charge in [-0.15, -0.1) is 0 Å². The maximum atomic E-state index is 12.4. The third-order valence-corrected chi connectivity index (χ3v) is 3.39. The molecule has 1 aromatic rings. The highest BCUT2D eigenvalue weighted by atomic mass is 16.3. The van der Waals surface area contributed by atoms with Crippen LogP contribution < -0.4 is 5.32 Å². The minimum Gasteiger partial charge on any atom is -0.391 e. The van der Waals surface area contributed by atoms with E-state index in [0.717, 1.165) is 5.69 Å². The van der Waals surface area contributed by atoms with Crippen molar-refractivity contribution in [1.82, 2.24) is 9.88 Å². The molecule has 2 heterocycles. The number of carbonyl (C=O) groups excluding carboxylic acids is 1. The Balaban J connectivity index is 2.28. The number of aliphatic hydroxyl groups excluding tert-OH is 1. The predicted octanol–water partition coefficient (Wildman–Crippen LogP) is 1.45. The summed E-state index contributed by atoms with van der Waals surface area (Å²) in [5.74, 6) is 0.940. The highest BCUT2D eigenvalue weighted by Crippen LogP contribution is 2.20. The van der Waals surface area contributed by atoms with E-state index >= 15 is 0 Å². The molecule has 2 N–H and O–H groups in total. The van der Waals surface area contributed by atoms with Crippen LogP contribution in [0.2, 0.25) is 0 Å². The van der Waals surface area contributed by atoms with Crippen molar-refractivity contribution in [1.29, 1.82) is 0 Å². The summed E-state index contributed by atoms with van der Waals surface area (Å²) in [6, 6.07) is 3.61. The van der Waals surface area contributed by atoms with Gasteiger partial charge < -0.3 is 15.3 Å². The zero-order chi connectivity index (χ0) is 14.0. The second-order valence-corrected chi connectivity index (χ2v) is 5.26. The Kier molecular flexibility index (Phi) is 4.04. The summed E-state index contributed by atoms with van der Waals surface area (Å²) < 4.78 is 0. The summed E-state index contributed by atoms with van der Waals surface area (Å²) in [5.41, 5.74) is 1.53. The minimum atomic E-state index is -0.390. The van der Waals surface area contributed by atoms with E-state index in [1.165, 1.54) is 0 Å². The van der Waals surface area contributed by atoms with Gasteiger partial charge in [-0.05, 0) is 24.5 Å². The molecule has 104 valence electrons. The molecule has 1 aromatic heterocycles. The summed E-state index contributed by atoms with van der Waals surface area (Å²) >= 11 is 0. The third kappa shape index (κ3) is 3.04. The molecule has 0 aliphatic carbocycles. The third-order valence-electron chi connectivity index (χ3n) is 3.39. The molecule has 0 aromatic carbocycles. The molecule has 1 unspecified atom stereocenters. The Morgan fingerprint density at radius 2 is 2.26 bits per heavy atom. The standard InChI is InChI=1S/C14H21N3O2/c1-9(2)12-6-10(7-13(15-3)16-12)14(19)17-5-4-11(18)8-17/h6-7,9,11,18H,4-5,8H2,1-3H3,(H,15,16). The lowest BCUT2D eigenvalue weighted by molar-refractivity contribution is 0.0765. The first-order chi connectivity index (χ1) is 9.01. The van der Waals surface area contributed by atoms with E-state index in [9.17, 15) is 9.90 Å². The molecule has 1 aliphatic heterocycles. The van der Waals surface area contributed by atoms with Crippen molar-refractivity contribution in [2.75, 3.05) is 25.5 Å². The lowest BCUT2D eigenvalue weighted by Crippen LogP contribution is -2.29. The van der Waals surface area contributed by atoms with Gasteiger partial charge in [-0.25, -0.2) is 4.98 Å². The SMILES string of the molecule is CNc1cc(C(=O)N2CCC(O)C2)cc(C(C)C)n1. The van der Waals surface area contributed by atoms with E-state index in [4.69, 9.17) is 0 Å². The van der Waals surface area contributed by atoms with Gasteiger partial charge in [-0.1, -0.05) is 13.8 Å². The molecule has 0 spiro atoms. The van der Waals surface area contributed by atoms with Crippen LogP contribution >= 0.6 is 0 Å². The molecule has 0 radical (unpaired) electrons. The second kappa shape index (κ2) is 5.57. The molecule has 19 heavy (non-hydrogen) atoms. The molecule has 5 nitrogen and oxygen atoms in total. The van der Waals surface area contributed by atoms with E-state index < -0.39 is 0 Å². The number of β-amino-alcohol motifs (C(OH)–C–C–N with tert-alkyl or cyclic N) is 1. The summed E-state index contributed by atoms with van der Waals surface area (Å²) in [6.45, 7) is 5.15. The van der Waals surface area contributed by atoms with Crippen LogP contribution in [0.3, 0.4) is 0 Å². The highest BCUT2D eigenvalue weighted by Gasteiger charge is 2.26. The van der Waals surface area contributed by atoms with Gasteiger partial charge in [0.05, 0.1) is 6.10 Å². The van der Waals surface area contributed by atoms with E-state index in [0.29, 0.717) is 30.9 Å². The predicted molar refractivity (Wildman–Crippen MR) is 74.4 cm³/mol. The van der Waals surface area contributed by atoms with Crippen LogP contribution in [0.25, 0.3) is 0 Å². The summed E-state index contributed by atoms with van der Waals surface area (Å²) in [6.07, 6.45) is 0.270. The molecular formula is C14H21N3O2. The molecule has 1 fully saturated rings. The molecule has 0 saturated carbocycles. The van der Waals surface area contributed by atoms with Crippen molar-refractivity contribution in [2.45, 2.75) is 32.3 Å². The van der Waals surface area contributed by atoms with Crippen molar-refractivity contribution in [3.63, 3.8) is 0 Å². The zero-order valence-electron chi connectivity index (χ0n) is 11.7. The van der Waals surface area contributed by atoms with Crippen molar-refractivity contribution in [2.24, 2.45) is 0 Å². The van der Waals surface area contributed by atoms with Crippen LogP contribution in [0.4, 0.5) is 5.82 Å². The quantitative estimate of drug-likeness (QED) is 0.866. The Labute approximate surface area is 113 Å². The van der Waals surface area contributed by atoms with Gasteiger partial charge in [0.25, 0.3) is 5.91 Å². The number of anilines is 1. The lowest BCUT2D eigenvalue weighted by atomic mass is 10.1. The number of carbonyl (C=O) groups is 1. The number of amides is 1. The molecule has 1 saturated heterocycles. The topological polar surface area (TPSA) is 65.5 Å². The van der Waals surface area contributed by atoms with Crippen molar-refractivity contribution in [3.05, 3.63) is 23.4 Å². The van der Waals surface area contributed by atoms with Crippen molar-refractivity contribution >= 4 is 11.7 Å². The van der Waals surface area contributed by atoms with Crippen LogP contribution in [0.15, 0.2) is 12.1 Å². The van der Waals surface area contributed by atoms with Gasteiger partial charge in [0.1, 0.15) is 5.82 Å². The Morgan fingerprint density at radius 1 is 1.53 bits per heavy atom. The van der Waals surface area contributed by atoms with Crippen LogP contribution in [-0.4, -0.2) is 47.1 Å². The number of hydrogen-bond acceptors (Lipinski definition) is 4. The average Bonchev–Trinajstić information content (AvgIpc) is 2.83. The number of likely N-dealkylation sites (tertiary alicyclic amines) is 1. The normalized spacial score (nSPS) is 19.0. The van der Waals surface area contributed by atoms with E-state index in [1.54, 1.807) is 18.0 Å². The fourth-order valence-electron chi connectivity index (χ4n) is 2.21. The first-order valence-corrected chi connectivity index (χ1v) is 6.68. The van der Waals surface area contributed by atoms with E-state index in [-0.39, 0.29) is 17.9 Å². The second-order valence-electron chi connectivity index (χ2n) is 5.26. The Bertz CT molecular complexity index is 474. The van der Waals surface area contributed by atoms with Crippen molar-refractivity contribution < 1.29 is 9.90 Å². The number of nitrogens with zero attached hydrogens (tertiary/aromatic N) is 2. The molecule has 2 rings (SSSR count). The zero-order valence-corrected chi connectivity index (χ0v) is 11.7. The number of aliphatic hydroxyl groups is 1. The van der Waals surface area contributed by atoms with Gasteiger partial charge in [0.2, 0.25) is 0 Å². The first-order valence-electron chi connectivity index (χ1n) is 6.68. The summed E-state index contributed by atoms with van der Waals surface area (Å²) in [4.78, 5) is 18.5. The number of aromatic nitrogens is 1. The van der Waals surface area contributed by atoms with E-state index in [1.807, 2.05) is 6.07 Å². The van der Waals surface area contributed by atoms with Crippen LogP contribution in [0, 0.1) is 0 Å². The average molecular weight is 263 g/mol. The summed E-state index contributed by atoms with van der Waals surface area (Å²) in [5, 5.41) is 12.5. The van der Waals surface area contributed by atoms with Crippen molar-refractivity contribution in [3.8, 4) is 0 Å². The first kappa shape index (κ1) is 13.8. The molecule has 1 aliphatic rings. The number of hydrogen-bond donors (Lipinski definition) is 2. The fourth-order valence-corrected chi connectivity index (χ4v) is 2.21. The van der Waals surface area contributed by atoms with Crippen LogP contribution in [0.1, 0.15) is 42.2 Å². The van der Waals surface area contributed by atoms with E-state index in [2.05, 4.69) is 24.1 Å². The van der Waals surface area contributed by atoms with Crippen LogP contribution in [0.5, 0.6) is 0 Å². The van der Waals surface area contributed by atoms with Gasteiger partial charge in [0.15, 0.2) is 0 Å². The molecule has 1 atom stereocenters. The molecular weight excluding hydrogens is 242 g/mol. The number of nitrogens with one attached hydrogen (secondary N) is 1.